The maximum atomic E-state index is 12.4. The number of hydrogen-bond acceptors (Lipinski definition) is 3. The molecule has 1 aromatic rings. The SMILES string of the molecule is CC1C=C(C(=O)NNC(=O)c2ccc(C(F)(F)F)cc2)SC1. The highest BCUT2D eigenvalue weighted by Gasteiger charge is 2.30. The van der Waals surface area contributed by atoms with Gasteiger partial charge in [0.25, 0.3) is 11.8 Å². The summed E-state index contributed by atoms with van der Waals surface area (Å²) < 4.78 is 37.2. The quantitative estimate of drug-likeness (QED) is 0.820. The smallest absolute Gasteiger partial charge is 0.267 e. The number of hydrazine groups is 1. The fraction of sp³-hybridized carbons (Fsp3) is 0.286. The fourth-order valence-corrected chi connectivity index (χ4v) is 2.82. The Bertz CT molecular complexity index is 612. The zero-order chi connectivity index (χ0) is 16.3. The standard InChI is InChI=1S/C14H13F3N2O2S/c1-8-6-11(22-7-8)13(21)19-18-12(20)9-2-4-10(5-3-9)14(15,16)17/h2-6,8H,7H2,1H3,(H,18,20)(H,19,21). The highest BCUT2D eigenvalue weighted by atomic mass is 32.2. The van der Waals surface area contributed by atoms with Crippen LogP contribution < -0.4 is 10.9 Å². The van der Waals surface area contributed by atoms with Gasteiger partial charge in [0.05, 0.1) is 10.5 Å². The van der Waals surface area contributed by atoms with Crippen LogP contribution >= 0.6 is 11.8 Å². The molecule has 1 atom stereocenters. The third-order valence-corrected chi connectivity index (χ3v) is 4.25. The lowest BCUT2D eigenvalue weighted by atomic mass is 10.1. The topological polar surface area (TPSA) is 58.2 Å². The van der Waals surface area contributed by atoms with Crippen LogP contribution in [0.2, 0.25) is 0 Å². The van der Waals surface area contributed by atoms with Crippen molar-refractivity contribution in [3.05, 3.63) is 46.4 Å². The maximum absolute atomic E-state index is 12.4. The summed E-state index contributed by atoms with van der Waals surface area (Å²) in [6, 6.07) is 3.73. The van der Waals surface area contributed by atoms with E-state index in [0.717, 1.165) is 30.0 Å². The van der Waals surface area contributed by atoms with Crippen LogP contribution in [0.5, 0.6) is 0 Å². The molecule has 0 saturated carbocycles. The third-order valence-electron chi connectivity index (χ3n) is 2.93. The molecule has 118 valence electrons. The van der Waals surface area contributed by atoms with Crippen molar-refractivity contribution in [2.75, 3.05) is 5.75 Å². The number of carbonyl (C=O) groups excluding carboxylic acids is 2. The lowest BCUT2D eigenvalue weighted by Gasteiger charge is -2.09. The first-order valence-corrected chi connectivity index (χ1v) is 7.38. The first-order valence-electron chi connectivity index (χ1n) is 6.40. The van der Waals surface area contributed by atoms with Crippen molar-refractivity contribution in [3.63, 3.8) is 0 Å². The van der Waals surface area contributed by atoms with Crippen LogP contribution in [0.3, 0.4) is 0 Å². The molecule has 0 spiro atoms. The summed E-state index contributed by atoms with van der Waals surface area (Å²) in [6.07, 6.45) is -2.66. The Kier molecular flexibility index (Phi) is 4.80. The van der Waals surface area contributed by atoms with Gasteiger partial charge >= 0.3 is 6.18 Å². The van der Waals surface area contributed by atoms with Gasteiger partial charge in [0.15, 0.2) is 0 Å². The normalized spacial score (nSPS) is 17.8. The molecule has 0 aliphatic carbocycles. The Labute approximate surface area is 129 Å². The number of rotatable bonds is 2. The second kappa shape index (κ2) is 6.43. The summed E-state index contributed by atoms with van der Waals surface area (Å²) in [5.41, 5.74) is 3.60. The predicted octanol–water partition coefficient (Wildman–Crippen LogP) is 2.73. The average molecular weight is 330 g/mol. The van der Waals surface area contributed by atoms with Crippen molar-refractivity contribution in [1.29, 1.82) is 0 Å². The summed E-state index contributed by atoms with van der Waals surface area (Å²) in [6.45, 7) is 1.97. The van der Waals surface area contributed by atoms with Gasteiger partial charge in [0.2, 0.25) is 0 Å². The summed E-state index contributed by atoms with van der Waals surface area (Å²) in [5.74, 6) is -0.0278. The Hall–Kier alpha value is -1.96. The molecule has 0 saturated heterocycles. The fourth-order valence-electron chi connectivity index (χ4n) is 1.77. The van der Waals surface area contributed by atoms with E-state index in [1.807, 2.05) is 6.92 Å². The number of thioether (sulfide) groups is 1. The summed E-state index contributed by atoms with van der Waals surface area (Å²) >= 11 is 1.38. The van der Waals surface area contributed by atoms with Gasteiger partial charge in [-0.2, -0.15) is 13.2 Å². The molecule has 0 radical (unpaired) electrons. The van der Waals surface area contributed by atoms with Crippen molar-refractivity contribution in [1.82, 2.24) is 10.9 Å². The van der Waals surface area contributed by atoms with Gasteiger partial charge in [0.1, 0.15) is 0 Å². The minimum absolute atomic E-state index is 0.0229. The van der Waals surface area contributed by atoms with Gasteiger partial charge in [0, 0.05) is 11.3 Å². The largest absolute Gasteiger partial charge is 0.416 e. The molecule has 4 nitrogen and oxygen atoms in total. The number of halogens is 3. The van der Waals surface area contributed by atoms with E-state index < -0.39 is 23.6 Å². The molecule has 1 aliphatic heterocycles. The average Bonchev–Trinajstić information content (AvgIpc) is 2.90. The van der Waals surface area contributed by atoms with E-state index in [1.54, 1.807) is 6.08 Å². The molecule has 2 N–H and O–H groups in total. The van der Waals surface area contributed by atoms with E-state index in [0.29, 0.717) is 4.91 Å². The Morgan fingerprint density at radius 3 is 2.23 bits per heavy atom. The maximum Gasteiger partial charge on any atom is 0.416 e. The van der Waals surface area contributed by atoms with Gasteiger partial charge in [-0.1, -0.05) is 13.0 Å². The Balaban J connectivity index is 1.92. The van der Waals surface area contributed by atoms with Gasteiger partial charge in [-0.3, -0.25) is 20.4 Å². The van der Waals surface area contributed by atoms with Crippen LogP contribution in [-0.4, -0.2) is 17.6 Å². The summed E-state index contributed by atoms with van der Waals surface area (Å²) in [5, 5.41) is 0. The van der Waals surface area contributed by atoms with Gasteiger partial charge in [-0.25, -0.2) is 0 Å². The first-order chi connectivity index (χ1) is 10.3. The molecule has 1 heterocycles. The number of benzene rings is 1. The summed E-state index contributed by atoms with van der Waals surface area (Å²) in [7, 11) is 0. The zero-order valence-electron chi connectivity index (χ0n) is 11.5. The molecule has 1 unspecified atom stereocenters. The Morgan fingerprint density at radius 2 is 1.73 bits per heavy atom. The van der Waals surface area contributed by atoms with Crippen molar-refractivity contribution >= 4 is 23.6 Å². The molecule has 8 heteroatoms. The van der Waals surface area contributed by atoms with Crippen LogP contribution in [0, 0.1) is 5.92 Å². The van der Waals surface area contributed by atoms with Crippen molar-refractivity contribution < 1.29 is 22.8 Å². The number of carbonyl (C=O) groups is 2. The molecule has 1 aromatic carbocycles. The van der Waals surface area contributed by atoms with Gasteiger partial charge in [-0.05, 0) is 30.2 Å². The number of nitrogens with one attached hydrogen (secondary N) is 2. The number of allylic oxidation sites excluding steroid dienone is 1. The van der Waals surface area contributed by atoms with Crippen molar-refractivity contribution in [2.45, 2.75) is 13.1 Å². The van der Waals surface area contributed by atoms with Gasteiger partial charge < -0.3 is 0 Å². The Morgan fingerprint density at radius 1 is 1.14 bits per heavy atom. The van der Waals surface area contributed by atoms with Crippen LogP contribution in [0.4, 0.5) is 13.2 Å². The van der Waals surface area contributed by atoms with E-state index in [9.17, 15) is 22.8 Å². The number of hydrogen-bond donors (Lipinski definition) is 2. The minimum atomic E-state index is -4.45. The zero-order valence-corrected chi connectivity index (χ0v) is 12.3. The van der Waals surface area contributed by atoms with Crippen LogP contribution in [0.15, 0.2) is 35.2 Å². The molecule has 2 amide bonds. The highest BCUT2D eigenvalue weighted by Crippen LogP contribution is 2.29. The predicted molar refractivity (Wildman–Crippen MR) is 76.8 cm³/mol. The van der Waals surface area contributed by atoms with Crippen LogP contribution in [-0.2, 0) is 11.0 Å². The van der Waals surface area contributed by atoms with Crippen LogP contribution in [0.25, 0.3) is 0 Å². The number of amides is 2. The van der Waals surface area contributed by atoms with Crippen molar-refractivity contribution in [3.8, 4) is 0 Å². The summed E-state index contributed by atoms with van der Waals surface area (Å²) in [4.78, 5) is 24.0. The first kappa shape index (κ1) is 16.4. The second-order valence-electron chi connectivity index (χ2n) is 4.80. The molecular formula is C14H13F3N2O2S. The monoisotopic (exact) mass is 330 g/mol. The number of alkyl halides is 3. The molecule has 1 aliphatic rings. The second-order valence-corrected chi connectivity index (χ2v) is 5.86. The van der Waals surface area contributed by atoms with Crippen molar-refractivity contribution in [2.24, 2.45) is 5.92 Å². The highest BCUT2D eigenvalue weighted by molar-refractivity contribution is 8.04. The molecule has 0 bridgehead atoms. The van der Waals surface area contributed by atoms with Crippen LogP contribution in [0.1, 0.15) is 22.8 Å². The molecule has 2 rings (SSSR count). The van der Waals surface area contributed by atoms with E-state index in [2.05, 4.69) is 10.9 Å². The van der Waals surface area contributed by atoms with E-state index in [1.165, 1.54) is 11.8 Å². The lowest BCUT2D eigenvalue weighted by molar-refractivity contribution is -0.137. The third kappa shape index (κ3) is 4.03. The molecule has 0 fully saturated rings. The van der Waals surface area contributed by atoms with E-state index >= 15 is 0 Å². The molecule has 22 heavy (non-hydrogen) atoms. The van der Waals surface area contributed by atoms with E-state index in [4.69, 9.17) is 0 Å². The van der Waals surface area contributed by atoms with E-state index in [-0.39, 0.29) is 11.5 Å². The van der Waals surface area contributed by atoms with Gasteiger partial charge in [-0.15, -0.1) is 11.8 Å². The lowest BCUT2D eigenvalue weighted by Crippen LogP contribution is -2.41. The molecule has 0 aromatic heterocycles. The molecular weight excluding hydrogens is 317 g/mol. The minimum Gasteiger partial charge on any atom is -0.267 e.